The van der Waals surface area contributed by atoms with Crippen molar-refractivity contribution < 1.29 is 53.6 Å². The van der Waals surface area contributed by atoms with Crippen LogP contribution in [0.3, 0.4) is 0 Å². The van der Waals surface area contributed by atoms with Crippen LogP contribution in [0.2, 0.25) is 0 Å². The number of rotatable bonds is 0. The van der Waals surface area contributed by atoms with Crippen LogP contribution in [0.4, 0.5) is 0 Å². The van der Waals surface area contributed by atoms with Crippen molar-refractivity contribution in [1.82, 2.24) is 0 Å². The Hall–Kier alpha value is 2.18. The molecule has 0 fully saturated rings. The summed E-state index contributed by atoms with van der Waals surface area (Å²) in [5.74, 6) is 0. The van der Waals surface area contributed by atoms with Gasteiger partial charge < -0.3 is 0 Å². The second-order valence-electron chi connectivity index (χ2n) is 0. The minimum absolute atomic E-state index is 0. The van der Waals surface area contributed by atoms with Crippen molar-refractivity contribution in [2.75, 3.05) is 0 Å². The van der Waals surface area contributed by atoms with E-state index in [9.17, 15) is 0 Å². The minimum atomic E-state index is 0. The van der Waals surface area contributed by atoms with E-state index in [-0.39, 0.29) is 70.7 Å². The van der Waals surface area contributed by atoms with E-state index in [4.69, 9.17) is 0 Å². The SMILES string of the molecule is [Cu].[Mn].[Se].[Zn]. The third-order valence-electron chi connectivity index (χ3n) is 0. The predicted molar refractivity (Wildman–Crippen MR) is 5.75 cm³/mol. The van der Waals surface area contributed by atoms with Gasteiger partial charge in [-0.1, -0.05) is 0 Å². The Bertz CT molecular complexity index is 8.00. The van der Waals surface area contributed by atoms with Gasteiger partial charge in [-0.15, -0.1) is 0 Å². The molecule has 26 valence electrons. The molecule has 0 rings (SSSR count). The fraction of sp³-hybridized carbons (Fsp3) is 0. The quantitative estimate of drug-likeness (QED) is 0.522. The van der Waals surface area contributed by atoms with E-state index in [2.05, 4.69) is 0 Å². The largest absolute Gasteiger partial charge is 0 e. The molecule has 0 saturated carbocycles. The Morgan fingerprint density at radius 3 is 1.00 bits per heavy atom. The molecule has 0 bridgehead atoms. The first-order valence-electron chi connectivity index (χ1n) is 0. The van der Waals surface area contributed by atoms with E-state index >= 15 is 0 Å². The van der Waals surface area contributed by atoms with Crippen LogP contribution in [0.25, 0.3) is 0 Å². The Morgan fingerprint density at radius 1 is 1.00 bits per heavy atom. The van der Waals surface area contributed by atoms with Gasteiger partial charge in [0.2, 0.25) is 0 Å². The maximum absolute atomic E-state index is 0. The molecule has 0 spiro atoms. The van der Waals surface area contributed by atoms with Gasteiger partial charge >= 0.3 is 0 Å². The second-order valence-corrected chi connectivity index (χ2v) is 0. The van der Waals surface area contributed by atoms with Crippen LogP contribution < -0.4 is 0 Å². The summed E-state index contributed by atoms with van der Waals surface area (Å²) in [6.07, 6.45) is 0. The summed E-state index contributed by atoms with van der Waals surface area (Å²) in [5, 5.41) is 0. The summed E-state index contributed by atoms with van der Waals surface area (Å²) in [4.78, 5) is 0. The van der Waals surface area contributed by atoms with E-state index in [1.807, 2.05) is 0 Å². The molecular formula is CuMnSeZn. The smallest absolute Gasteiger partial charge is 0 e. The average Bonchev–Trinajstić information content (AvgIpc) is 0. The van der Waals surface area contributed by atoms with E-state index in [0.29, 0.717) is 0 Å². The molecular weight excluding hydrogens is 263 g/mol. The maximum Gasteiger partial charge on any atom is 0 e. The third-order valence-corrected chi connectivity index (χ3v) is 0. The molecule has 0 nitrogen and oxygen atoms in total. The molecule has 0 amide bonds. The predicted octanol–water partition coefficient (Wildman–Crippen LogP) is -0.388. The van der Waals surface area contributed by atoms with Crippen molar-refractivity contribution in [2.45, 2.75) is 0 Å². The van der Waals surface area contributed by atoms with Crippen molar-refractivity contribution in [3.8, 4) is 0 Å². The van der Waals surface area contributed by atoms with Gasteiger partial charge in [-0.05, 0) is 0 Å². The van der Waals surface area contributed by atoms with Crippen LogP contribution >= 0.6 is 0 Å². The van der Waals surface area contributed by atoms with Crippen molar-refractivity contribution in [3.05, 3.63) is 0 Å². The first kappa shape index (κ1) is 34.9. The standard InChI is InChI=1S/Cu.Mn.Se.Zn. The topological polar surface area (TPSA) is 0 Å². The second kappa shape index (κ2) is 19.0. The van der Waals surface area contributed by atoms with Crippen LogP contribution in [0, 0.1) is 0 Å². The molecule has 0 aromatic heterocycles. The van der Waals surface area contributed by atoms with Crippen LogP contribution in [-0.2, 0) is 53.6 Å². The maximum atomic E-state index is 0. The van der Waals surface area contributed by atoms with Gasteiger partial charge in [-0.25, -0.2) is 0 Å². The molecule has 0 aromatic rings. The van der Waals surface area contributed by atoms with Gasteiger partial charge in [-0.2, -0.15) is 0 Å². The molecule has 4 radical (unpaired) electrons. The van der Waals surface area contributed by atoms with Crippen LogP contribution in [0.15, 0.2) is 0 Å². The molecule has 0 unspecified atom stereocenters. The van der Waals surface area contributed by atoms with Crippen LogP contribution in [0.5, 0.6) is 0 Å². The normalized spacial score (nSPS) is 0. The molecule has 4 heavy (non-hydrogen) atoms. The third kappa shape index (κ3) is 8.89. The Morgan fingerprint density at radius 2 is 1.00 bits per heavy atom. The van der Waals surface area contributed by atoms with Crippen molar-refractivity contribution in [1.29, 1.82) is 0 Å². The van der Waals surface area contributed by atoms with Crippen LogP contribution in [-0.4, -0.2) is 17.1 Å². The summed E-state index contributed by atoms with van der Waals surface area (Å²) in [7, 11) is 0. The summed E-state index contributed by atoms with van der Waals surface area (Å²) >= 11 is 0. The minimum Gasteiger partial charge on any atom is 0 e. The summed E-state index contributed by atoms with van der Waals surface area (Å²) in [6, 6.07) is 0. The Labute approximate surface area is 70.0 Å². The molecule has 0 N–H and O–H groups in total. The number of hydrogen-bond acceptors (Lipinski definition) is 0. The Kier molecular flexibility index (Phi) is 166. The molecule has 4 heteroatoms. The van der Waals surface area contributed by atoms with Gasteiger partial charge in [0.15, 0.2) is 0 Å². The van der Waals surface area contributed by atoms with E-state index in [1.165, 1.54) is 0 Å². The monoisotopic (exact) mass is 262 g/mol. The average molecular weight is 263 g/mol. The summed E-state index contributed by atoms with van der Waals surface area (Å²) < 4.78 is 0. The molecule has 0 aliphatic rings. The number of hydrogen-bond donors (Lipinski definition) is 0. The fourth-order valence-corrected chi connectivity index (χ4v) is 0. The van der Waals surface area contributed by atoms with E-state index in [0.717, 1.165) is 0 Å². The zero-order valence-electron chi connectivity index (χ0n) is 1.79. The zero-order chi connectivity index (χ0) is 0. The first-order chi connectivity index (χ1) is 0. The summed E-state index contributed by atoms with van der Waals surface area (Å²) in [5.41, 5.74) is 0. The summed E-state index contributed by atoms with van der Waals surface area (Å²) in [6.45, 7) is 0. The van der Waals surface area contributed by atoms with Gasteiger partial charge in [0.25, 0.3) is 0 Å². The Balaban J connectivity index is 0. The van der Waals surface area contributed by atoms with Crippen LogP contribution in [0.1, 0.15) is 0 Å². The van der Waals surface area contributed by atoms with Crippen molar-refractivity contribution >= 4 is 17.1 Å². The van der Waals surface area contributed by atoms with Gasteiger partial charge in [-0.3, -0.25) is 0 Å². The molecule has 0 heterocycles. The van der Waals surface area contributed by atoms with Gasteiger partial charge in [0.05, 0.1) is 0 Å². The molecule has 0 aliphatic carbocycles. The van der Waals surface area contributed by atoms with Crippen molar-refractivity contribution in [2.24, 2.45) is 0 Å². The molecule has 0 aromatic carbocycles. The molecule has 0 aliphatic heterocycles. The van der Waals surface area contributed by atoms with E-state index in [1.54, 1.807) is 0 Å². The molecule has 0 atom stereocenters. The zero-order valence-corrected chi connectivity index (χ0v) is 8.60. The van der Waals surface area contributed by atoms with Gasteiger partial charge in [0.1, 0.15) is 0 Å². The first-order valence-corrected chi connectivity index (χ1v) is 0. The van der Waals surface area contributed by atoms with Crippen molar-refractivity contribution in [3.63, 3.8) is 0 Å². The fourth-order valence-electron chi connectivity index (χ4n) is 0. The molecule has 0 saturated heterocycles. The van der Waals surface area contributed by atoms with E-state index < -0.39 is 0 Å². The van der Waals surface area contributed by atoms with Gasteiger partial charge in [0, 0.05) is 70.7 Å².